The van der Waals surface area contributed by atoms with Crippen molar-refractivity contribution in [2.75, 3.05) is 26.4 Å². The Balaban J connectivity index is 2.57. The summed E-state index contributed by atoms with van der Waals surface area (Å²) in [6, 6.07) is 0.349. The van der Waals surface area contributed by atoms with Crippen LogP contribution in [0.5, 0.6) is 0 Å². The molecule has 1 saturated carbocycles. The van der Waals surface area contributed by atoms with Gasteiger partial charge in [0.2, 0.25) is 0 Å². The Morgan fingerprint density at radius 3 is 2.41 bits per heavy atom. The second-order valence-corrected chi connectivity index (χ2v) is 4.89. The molecule has 0 aliphatic heterocycles. The summed E-state index contributed by atoms with van der Waals surface area (Å²) in [5.41, 5.74) is 0.0263. The van der Waals surface area contributed by atoms with E-state index in [0.717, 1.165) is 32.8 Å². The third kappa shape index (κ3) is 4.23. The van der Waals surface area contributed by atoms with E-state index in [1.165, 1.54) is 25.7 Å². The van der Waals surface area contributed by atoms with Gasteiger partial charge in [-0.2, -0.15) is 0 Å². The first kappa shape index (κ1) is 14.9. The van der Waals surface area contributed by atoms with Crippen LogP contribution in [-0.2, 0) is 9.47 Å². The third-order valence-corrected chi connectivity index (χ3v) is 3.60. The zero-order valence-electron chi connectivity index (χ0n) is 11.8. The molecule has 0 radical (unpaired) electrons. The SMILES string of the molecule is CCCOCC(NCC)C1(OCC)CCCC1. The average molecular weight is 243 g/mol. The van der Waals surface area contributed by atoms with E-state index in [2.05, 4.69) is 26.1 Å². The molecule has 1 atom stereocenters. The maximum Gasteiger partial charge on any atom is 0.0857 e. The minimum atomic E-state index is 0.0263. The molecule has 102 valence electrons. The minimum absolute atomic E-state index is 0.0263. The molecule has 0 aromatic heterocycles. The lowest BCUT2D eigenvalue weighted by Crippen LogP contribution is -2.53. The summed E-state index contributed by atoms with van der Waals surface area (Å²) in [6.07, 6.45) is 6.01. The van der Waals surface area contributed by atoms with Crippen molar-refractivity contribution in [3.05, 3.63) is 0 Å². The lowest BCUT2D eigenvalue weighted by atomic mass is 9.92. The molecule has 0 heterocycles. The number of hydrogen-bond donors (Lipinski definition) is 1. The van der Waals surface area contributed by atoms with Gasteiger partial charge in [-0.1, -0.05) is 26.7 Å². The molecule has 1 unspecified atom stereocenters. The summed E-state index contributed by atoms with van der Waals surface area (Å²) in [6.45, 7) is 9.81. The molecule has 0 aromatic carbocycles. The molecular formula is C14H29NO2. The van der Waals surface area contributed by atoms with E-state index in [9.17, 15) is 0 Å². The first-order valence-corrected chi connectivity index (χ1v) is 7.24. The van der Waals surface area contributed by atoms with Crippen molar-refractivity contribution >= 4 is 0 Å². The average Bonchev–Trinajstić information content (AvgIpc) is 2.78. The predicted molar refractivity (Wildman–Crippen MR) is 71.4 cm³/mol. The van der Waals surface area contributed by atoms with Crippen LogP contribution >= 0.6 is 0 Å². The fraction of sp³-hybridized carbons (Fsp3) is 1.00. The van der Waals surface area contributed by atoms with Crippen LogP contribution in [0.2, 0.25) is 0 Å². The van der Waals surface area contributed by atoms with E-state index in [1.807, 2.05) is 0 Å². The standard InChI is InChI=1S/C14H29NO2/c1-4-11-16-12-13(15-5-2)14(17-6-3)9-7-8-10-14/h13,15H,4-12H2,1-3H3. The molecule has 0 spiro atoms. The third-order valence-electron chi connectivity index (χ3n) is 3.60. The molecule has 17 heavy (non-hydrogen) atoms. The van der Waals surface area contributed by atoms with Crippen molar-refractivity contribution < 1.29 is 9.47 Å². The van der Waals surface area contributed by atoms with Gasteiger partial charge in [0.25, 0.3) is 0 Å². The van der Waals surface area contributed by atoms with Crippen molar-refractivity contribution in [2.24, 2.45) is 0 Å². The Morgan fingerprint density at radius 1 is 1.18 bits per heavy atom. The van der Waals surface area contributed by atoms with Crippen molar-refractivity contribution in [3.8, 4) is 0 Å². The lowest BCUT2D eigenvalue weighted by molar-refractivity contribution is -0.0800. The summed E-state index contributed by atoms with van der Waals surface area (Å²) < 4.78 is 11.8. The number of ether oxygens (including phenoxy) is 2. The molecule has 0 bridgehead atoms. The minimum Gasteiger partial charge on any atom is -0.380 e. The van der Waals surface area contributed by atoms with Gasteiger partial charge in [-0.15, -0.1) is 0 Å². The zero-order valence-corrected chi connectivity index (χ0v) is 11.8. The van der Waals surface area contributed by atoms with Crippen molar-refractivity contribution in [1.29, 1.82) is 0 Å². The van der Waals surface area contributed by atoms with Gasteiger partial charge in [-0.25, -0.2) is 0 Å². The van der Waals surface area contributed by atoms with E-state index in [0.29, 0.717) is 6.04 Å². The number of hydrogen-bond acceptors (Lipinski definition) is 3. The van der Waals surface area contributed by atoms with Gasteiger partial charge in [0, 0.05) is 13.2 Å². The van der Waals surface area contributed by atoms with Gasteiger partial charge in [-0.3, -0.25) is 0 Å². The van der Waals surface area contributed by atoms with Crippen LogP contribution in [0.1, 0.15) is 52.9 Å². The molecule has 1 rings (SSSR count). The molecule has 1 aliphatic carbocycles. The largest absolute Gasteiger partial charge is 0.380 e. The molecule has 0 aromatic rings. The highest BCUT2D eigenvalue weighted by Gasteiger charge is 2.41. The Morgan fingerprint density at radius 2 is 1.88 bits per heavy atom. The topological polar surface area (TPSA) is 30.5 Å². The lowest BCUT2D eigenvalue weighted by Gasteiger charge is -2.37. The summed E-state index contributed by atoms with van der Waals surface area (Å²) >= 11 is 0. The Bertz CT molecular complexity index is 191. The molecule has 1 aliphatic rings. The van der Waals surface area contributed by atoms with Crippen molar-refractivity contribution in [1.82, 2.24) is 5.32 Å². The molecule has 3 heteroatoms. The van der Waals surface area contributed by atoms with Gasteiger partial charge >= 0.3 is 0 Å². The highest BCUT2D eigenvalue weighted by molar-refractivity contribution is 4.97. The monoisotopic (exact) mass is 243 g/mol. The Labute approximate surface area is 106 Å². The van der Waals surface area contributed by atoms with Crippen molar-refractivity contribution in [2.45, 2.75) is 64.5 Å². The van der Waals surface area contributed by atoms with Crippen LogP contribution in [0, 0.1) is 0 Å². The number of likely N-dealkylation sites (N-methyl/N-ethyl adjacent to an activating group) is 1. The Kier molecular flexibility index (Phi) is 7.09. The van der Waals surface area contributed by atoms with E-state index in [1.54, 1.807) is 0 Å². The highest BCUT2D eigenvalue weighted by atomic mass is 16.5. The molecule has 3 nitrogen and oxygen atoms in total. The van der Waals surface area contributed by atoms with Gasteiger partial charge in [0.05, 0.1) is 18.2 Å². The zero-order chi connectivity index (χ0) is 12.6. The summed E-state index contributed by atoms with van der Waals surface area (Å²) in [5.74, 6) is 0. The quantitative estimate of drug-likeness (QED) is 0.632. The number of nitrogens with one attached hydrogen (secondary N) is 1. The van der Waals surface area contributed by atoms with Crippen LogP contribution in [0.4, 0.5) is 0 Å². The molecule has 0 amide bonds. The van der Waals surface area contributed by atoms with Gasteiger partial charge in [0.1, 0.15) is 0 Å². The maximum absolute atomic E-state index is 6.09. The molecule has 0 saturated heterocycles. The first-order chi connectivity index (χ1) is 8.29. The van der Waals surface area contributed by atoms with E-state index >= 15 is 0 Å². The van der Waals surface area contributed by atoms with Crippen LogP contribution in [0.25, 0.3) is 0 Å². The van der Waals surface area contributed by atoms with Crippen molar-refractivity contribution in [3.63, 3.8) is 0 Å². The van der Waals surface area contributed by atoms with Gasteiger partial charge in [-0.05, 0) is 32.7 Å². The Hall–Kier alpha value is -0.120. The predicted octanol–water partition coefficient (Wildman–Crippen LogP) is 2.74. The second kappa shape index (κ2) is 8.06. The van der Waals surface area contributed by atoms with Crippen LogP contribution < -0.4 is 5.32 Å². The van der Waals surface area contributed by atoms with Gasteiger partial charge in [0.15, 0.2) is 0 Å². The summed E-state index contributed by atoms with van der Waals surface area (Å²) in [4.78, 5) is 0. The van der Waals surface area contributed by atoms with E-state index < -0.39 is 0 Å². The van der Waals surface area contributed by atoms with E-state index in [-0.39, 0.29) is 5.60 Å². The van der Waals surface area contributed by atoms with Crippen LogP contribution in [0.15, 0.2) is 0 Å². The summed E-state index contributed by atoms with van der Waals surface area (Å²) in [7, 11) is 0. The van der Waals surface area contributed by atoms with Gasteiger partial charge < -0.3 is 14.8 Å². The van der Waals surface area contributed by atoms with Crippen LogP contribution in [0.3, 0.4) is 0 Å². The van der Waals surface area contributed by atoms with Crippen LogP contribution in [-0.4, -0.2) is 38.0 Å². The summed E-state index contributed by atoms with van der Waals surface area (Å²) in [5, 5.41) is 3.56. The first-order valence-electron chi connectivity index (χ1n) is 7.24. The fourth-order valence-electron chi connectivity index (χ4n) is 2.84. The second-order valence-electron chi connectivity index (χ2n) is 4.89. The smallest absolute Gasteiger partial charge is 0.0857 e. The van der Waals surface area contributed by atoms with E-state index in [4.69, 9.17) is 9.47 Å². The normalized spacial score (nSPS) is 20.6. The number of rotatable bonds is 9. The molecular weight excluding hydrogens is 214 g/mol. The maximum atomic E-state index is 6.09. The molecule has 1 fully saturated rings. The highest BCUT2D eigenvalue weighted by Crippen LogP contribution is 2.36. The fourth-order valence-corrected chi connectivity index (χ4v) is 2.84. The molecule has 1 N–H and O–H groups in total.